The van der Waals surface area contributed by atoms with E-state index in [0.717, 1.165) is 0 Å². The Kier molecular flexibility index (Phi) is 4.70. The van der Waals surface area contributed by atoms with Gasteiger partial charge in [0.2, 0.25) is 5.91 Å². The number of benzene rings is 1. The van der Waals surface area contributed by atoms with Gasteiger partial charge < -0.3 is 9.64 Å². The third kappa shape index (κ3) is 4.09. The number of nitrogens with zero attached hydrogens (tertiary/aromatic N) is 1. The van der Waals surface area contributed by atoms with Crippen LogP contribution in [0.4, 0.5) is 5.69 Å². The van der Waals surface area contributed by atoms with Gasteiger partial charge in [0.15, 0.2) is 0 Å². The molecule has 0 bridgehead atoms. The minimum atomic E-state index is -0.435. The molecule has 4 heteroatoms. The van der Waals surface area contributed by atoms with Gasteiger partial charge in [-0.3, -0.25) is 9.59 Å². The van der Waals surface area contributed by atoms with Crippen LogP contribution in [0.1, 0.15) is 33.3 Å². The van der Waals surface area contributed by atoms with E-state index in [1.54, 1.807) is 0 Å². The number of hydrogen-bond acceptors (Lipinski definition) is 3. The zero-order valence-corrected chi connectivity index (χ0v) is 12.2. The molecule has 0 spiro atoms. The van der Waals surface area contributed by atoms with Crippen LogP contribution in [0, 0.1) is 0 Å². The summed E-state index contributed by atoms with van der Waals surface area (Å²) in [6.45, 7) is 7.74. The molecule has 1 rings (SSSR count). The predicted molar refractivity (Wildman–Crippen MR) is 75.2 cm³/mol. The van der Waals surface area contributed by atoms with Crippen LogP contribution in [-0.4, -0.2) is 25.5 Å². The Morgan fingerprint density at radius 1 is 1.16 bits per heavy atom. The van der Waals surface area contributed by atoms with Crippen molar-refractivity contribution in [1.82, 2.24) is 0 Å². The largest absolute Gasteiger partial charge is 0.468 e. The standard InChI is InChI=1S/C15H21NO3/c1-11(17)16(10-14(18)19-5)13-8-6-12(7-9-13)15(2,3)4/h6-9H,10H2,1-5H3. The van der Waals surface area contributed by atoms with Crippen molar-refractivity contribution in [2.75, 3.05) is 18.6 Å². The number of hydrogen-bond donors (Lipinski definition) is 0. The first-order chi connectivity index (χ1) is 8.75. The maximum atomic E-state index is 11.6. The van der Waals surface area contributed by atoms with Gasteiger partial charge in [-0.2, -0.15) is 0 Å². The van der Waals surface area contributed by atoms with E-state index in [9.17, 15) is 9.59 Å². The van der Waals surface area contributed by atoms with Crippen molar-refractivity contribution in [3.05, 3.63) is 29.8 Å². The van der Waals surface area contributed by atoms with Crippen LogP contribution >= 0.6 is 0 Å². The van der Waals surface area contributed by atoms with Gasteiger partial charge in [0.25, 0.3) is 0 Å². The minimum absolute atomic E-state index is 0.0575. The summed E-state index contributed by atoms with van der Waals surface area (Å²) < 4.78 is 4.60. The Bertz CT molecular complexity index is 457. The molecular formula is C15H21NO3. The van der Waals surface area contributed by atoms with E-state index < -0.39 is 5.97 Å². The molecule has 0 unspecified atom stereocenters. The van der Waals surface area contributed by atoms with Crippen molar-refractivity contribution < 1.29 is 14.3 Å². The van der Waals surface area contributed by atoms with E-state index in [-0.39, 0.29) is 17.9 Å². The molecular weight excluding hydrogens is 242 g/mol. The maximum Gasteiger partial charge on any atom is 0.325 e. The number of carbonyl (C=O) groups excluding carboxylic acids is 2. The highest BCUT2D eigenvalue weighted by atomic mass is 16.5. The average molecular weight is 263 g/mol. The third-order valence-corrected chi connectivity index (χ3v) is 2.94. The molecule has 19 heavy (non-hydrogen) atoms. The average Bonchev–Trinajstić information content (AvgIpc) is 2.34. The molecule has 4 nitrogen and oxygen atoms in total. The Hall–Kier alpha value is -1.84. The number of esters is 1. The zero-order chi connectivity index (χ0) is 14.6. The van der Waals surface area contributed by atoms with E-state index in [4.69, 9.17) is 0 Å². The van der Waals surface area contributed by atoms with Gasteiger partial charge >= 0.3 is 5.97 Å². The molecule has 0 radical (unpaired) electrons. The maximum absolute atomic E-state index is 11.6. The molecule has 1 amide bonds. The number of rotatable bonds is 3. The van der Waals surface area contributed by atoms with Crippen LogP contribution in [0.3, 0.4) is 0 Å². The van der Waals surface area contributed by atoms with Crippen molar-refractivity contribution in [2.45, 2.75) is 33.1 Å². The van der Waals surface area contributed by atoms with Crippen molar-refractivity contribution in [1.29, 1.82) is 0 Å². The summed E-state index contributed by atoms with van der Waals surface area (Å²) in [7, 11) is 1.31. The summed E-state index contributed by atoms with van der Waals surface area (Å²) in [4.78, 5) is 24.3. The van der Waals surface area contributed by atoms with Gasteiger partial charge in [-0.15, -0.1) is 0 Å². The second kappa shape index (κ2) is 5.87. The molecule has 1 aromatic rings. The van der Waals surface area contributed by atoms with Crippen molar-refractivity contribution in [3.63, 3.8) is 0 Å². The first-order valence-electron chi connectivity index (χ1n) is 6.21. The second-order valence-corrected chi connectivity index (χ2v) is 5.48. The van der Waals surface area contributed by atoms with Gasteiger partial charge in [-0.05, 0) is 23.1 Å². The minimum Gasteiger partial charge on any atom is -0.468 e. The lowest BCUT2D eigenvalue weighted by Crippen LogP contribution is -2.34. The monoisotopic (exact) mass is 263 g/mol. The molecule has 0 saturated carbocycles. The molecule has 0 aliphatic heterocycles. The van der Waals surface area contributed by atoms with E-state index in [2.05, 4.69) is 25.5 Å². The van der Waals surface area contributed by atoms with Gasteiger partial charge in [0.05, 0.1) is 7.11 Å². The van der Waals surface area contributed by atoms with E-state index >= 15 is 0 Å². The topological polar surface area (TPSA) is 46.6 Å². The lowest BCUT2D eigenvalue weighted by Gasteiger charge is -2.23. The number of methoxy groups -OCH3 is 1. The molecule has 0 atom stereocenters. The van der Waals surface area contributed by atoms with Crippen molar-refractivity contribution in [3.8, 4) is 0 Å². The SMILES string of the molecule is COC(=O)CN(C(C)=O)c1ccc(C(C)(C)C)cc1. The molecule has 0 aliphatic rings. The molecule has 0 heterocycles. The summed E-state index contributed by atoms with van der Waals surface area (Å²) in [5.74, 6) is -0.621. The predicted octanol–water partition coefficient (Wildman–Crippen LogP) is 2.51. The molecule has 104 valence electrons. The van der Waals surface area contributed by atoms with Crippen LogP contribution in [0.15, 0.2) is 24.3 Å². The normalized spacial score (nSPS) is 11.0. The fraction of sp³-hybridized carbons (Fsp3) is 0.467. The lowest BCUT2D eigenvalue weighted by atomic mass is 9.87. The zero-order valence-electron chi connectivity index (χ0n) is 12.2. The van der Waals surface area contributed by atoms with Crippen molar-refractivity contribution >= 4 is 17.6 Å². The molecule has 0 saturated heterocycles. The van der Waals surface area contributed by atoms with Crippen LogP contribution in [-0.2, 0) is 19.7 Å². The highest BCUT2D eigenvalue weighted by molar-refractivity contribution is 5.96. The second-order valence-electron chi connectivity index (χ2n) is 5.48. The number of carbonyl (C=O) groups is 2. The van der Waals surface area contributed by atoms with E-state index in [0.29, 0.717) is 5.69 Å². The Morgan fingerprint density at radius 3 is 2.05 bits per heavy atom. The Morgan fingerprint density at radius 2 is 1.68 bits per heavy atom. The van der Waals surface area contributed by atoms with Gasteiger partial charge in [0, 0.05) is 12.6 Å². The summed E-state index contributed by atoms with van der Waals surface area (Å²) in [5, 5.41) is 0. The number of ether oxygens (including phenoxy) is 1. The highest BCUT2D eigenvalue weighted by Crippen LogP contribution is 2.25. The Labute approximate surface area is 114 Å². The molecule has 0 aromatic heterocycles. The van der Waals surface area contributed by atoms with E-state index in [1.165, 1.54) is 24.5 Å². The third-order valence-electron chi connectivity index (χ3n) is 2.94. The van der Waals surface area contributed by atoms with Crippen LogP contribution in [0.25, 0.3) is 0 Å². The molecule has 0 N–H and O–H groups in total. The summed E-state index contributed by atoms with van der Waals surface area (Å²) >= 11 is 0. The highest BCUT2D eigenvalue weighted by Gasteiger charge is 2.18. The van der Waals surface area contributed by atoms with Gasteiger partial charge in [-0.25, -0.2) is 0 Å². The summed E-state index contributed by atoms with van der Waals surface area (Å²) in [5.41, 5.74) is 1.94. The number of anilines is 1. The fourth-order valence-corrected chi connectivity index (χ4v) is 1.72. The first-order valence-corrected chi connectivity index (χ1v) is 6.21. The first kappa shape index (κ1) is 15.2. The molecule has 0 fully saturated rings. The van der Waals surface area contributed by atoms with Crippen LogP contribution < -0.4 is 4.90 Å². The van der Waals surface area contributed by atoms with Crippen molar-refractivity contribution in [2.24, 2.45) is 0 Å². The van der Waals surface area contributed by atoms with Crippen LogP contribution in [0.2, 0.25) is 0 Å². The summed E-state index contributed by atoms with van der Waals surface area (Å²) in [6.07, 6.45) is 0. The molecule has 0 aliphatic carbocycles. The lowest BCUT2D eigenvalue weighted by molar-refractivity contribution is -0.139. The number of amides is 1. The Balaban J connectivity index is 2.98. The smallest absolute Gasteiger partial charge is 0.325 e. The summed E-state index contributed by atoms with van der Waals surface area (Å²) in [6, 6.07) is 7.65. The molecule has 1 aromatic carbocycles. The van der Waals surface area contributed by atoms with Gasteiger partial charge in [0.1, 0.15) is 6.54 Å². The quantitative estimate of drug-likeness (QED) is 0.787. The fourth-order valence-electron chi connectivity index (χ4n) is 1.72. The van der Waals surface area contributed by atoms with E-state index in [1.807, 2.05) is 24.3 Å². The van der Waals surface area contributed by atoms with Gasteiger partial charge in [-0.1, -0.05) is 32.9 Å². The van der Waals surface area contributed by atoms with Crippen LogP contribution in [0.5, 0.6) is 0 Å².